The van der Waals surface area contributed by atoms with E-state index in [1.54, 1.807) is 0 Å². The number of nitrogens with zero attached hydrogens (tertiary/aromatic N) is 1. The Morgan fingerprint density at radius 2 is 2.11 bits per heavy atom. The van der Waals surface area contributed by atoms with Crippen LogP contribution in [0.25, 0.3) is 0 Å². The van der Waals surface area contributed by atoms with Crippen LogP contribution in [0, 0.1) is 0 Å². The summed E-state index contributed by atoms with van der Waals surface area (Å²) in [7, 11) is 2.08. The van der Waals surface area contributed by atoms with Crippen molar-refractivity contribution in [1.29, 1.82) is 0 Å². The van der Waals surface area contributed by atoms with Gasteiger partial charge in [-0.3, -0.25) is 4.90 Å². The number of urea groups is 1. The van der Waals surface area contributed by atoms with Crippen LogP contribution in [-0.2, 0) is 0 Å². The second-order valence-corrected chi connectivity index (χ2v) is 5.49. The van der Waals surface area contributed by atoms with Crippen molar-refractivity contribution in [2.45, 2.75) is 50.7 Å². The summed E-state index contributed by atoms with van der Waals surface area (Å²) in [6, 6.07) is 0.426. The Labute approximate surface area is 110 Å². The third kappa shape index (κ3) is 4.14. The molecular formula is C13H26N4O. The largest absolute Gasteiger partial charge is 0.337 e. The monoisotopic (exact) mass is 254 g/mol. The van der Waals surface area contributed by atoms with E-state index in [4.69, 9.17) is 0 Å². The number of hydrogen-bond acceptors (Lipinski definition) is 3. The third-order valence-electron chi connectivity index (χ3n) is 3.99. The topological polar surface area (TPSA) is 56.4 Å². The van der Waals surface area contributed by atoms with Crippen LogP contribution in [-0.4, -0.2) is 49.8 Å². The van der Waals surface area contributed by atoms with Gasteiger partial charge in [-0.1, -0.05) is 6.42 Å². The van der Waals surface area contributed by atoms with Crippen molar-refractivity contribution in [1.82, 2.24) is 20.9 Å². The fourth-order valence-corrected chi connectivity index (χ4v) is 2.77. The fraction of sp³-hybridized carbons (Fsp3) is 0.923. The quantitative estimate of drug-likeness (QED) is 0.700. The molecule has 0 aromatic heterocycles. The van der Waals surface area contributed by atoms with Gasteiger partial charge in [0, 0.05) is 12.6 Å². The zero-order valence-electron chi connectivity index (χ0n) is 11.4. The van der Waals surface area contributed by atoms with Gasteiger partial charge in [-0.2, -0.15) is 0 Å². The van der Waals surface area contributed by atoms with Gasteiger partial charge in [0.05, 0.1) is 6.17 Å². The highest BCUT2D eigenvalue weighted by Crippen LogP contribution is 2.12. The molecule has 2 amide bonds. The number of piperidine rings is 2. The van der Waals surface area contributed by atoms with Gasteiger partial charge in [-0.05, 0) is 52.2 Å². The number of nitrogens with one attached hydrogen (secondary N) is 3. The second kappa shape index (κ2) is 6.95. The van der Waals surface area contributed by atoms with E-state index in [1.165, 1.54) is 32.1 Å². The summed E-state index contributed by atoms with van der Waals surface area (Å²) >= 11 is 0. The lowest BCUT2D eigenvalue weighted by molar-refractivity contribution is 0.153. The SMILES string of the molecule is CN1CCCCC1NC(=O)NCC1CCCCN1. The lowest BCUT2D eigenvalue weighted by atomic mass is 10.1. The van der Waals surface area contributed by atoms with Crippen molar-refractivity contribution >= 4 is 6.03 Å². The number of amides is 2. The molecule has 0 radical (unpaired) electrons. The highest BCUT2D eigenvalue weighted by Gasteiger charge is 2.21. The molecule has 2 saturated heterocycles. The van der Waals surface area contributed by atoms with E-state index in [2.05, 4.69) is 27.9 Å². The predicted molar refractivity (Wildman–Crippen MR) is 72.4 cm³/mol. The highest BCUT2D eigenvalue weighted by molar-refractivity contribution is 5.74. The number of hydrogen-bond donors (Lipinski definition) is 3. The summed E-state index contributed by atoms with van der Waals surface area (Å²) in [5.74, 6) is 0. The Kier molecular flexibility index (Phi) is 5.26. The predicted octanol–water partition coefficient (Wildman–Crippen LogP) is 0.870. The first-order valence-corrected chi connectivity index (χ1v) is 7.23. The first kappa shape index (κ1) is 13.6. The van der Waals surface area contributed by atoms with E-state index in [-0.39, 0.29) is 12.2 Å². The molecule has 0 bridgehead atoms. The van der Waals surface area contributed by atoms with Gasteiger partial charge in [0.2, 0.25) is 0 Å². The van der Waals surface area contributed by atoms with E-state index >= 15 is 0 Å². The molecule has 5 nitrogen and oxygen atoms in total. The van der Waals surface area contributed by atoms with Crippen molar-refractivity contribution < 1.29 is 4.79 Å². The Hall–Kier alpha value is -0.810. The lowest BCUT2D eigenvalue weighted by Crippen LogP contribution is -2.53. The summed E-state index contributed by atoms with van der Waals surface area (Å²) in [5, 5.41) is 9.47. The normalized spacial score (nSPS) is 29.8. The van der Waals surface area contributed by atoms with E-state index in [0.29, 0.717) is 6.04 Å². The average molecular weight is 254 g/mol. The molecular weight excluding hydrogens is 228 g/mol. The molecule has 2 fully saturated rings. The number of rotatable bonds is 3. The zero-order valence-corrected chi connectivity index (χ0v) is 11.4. The first-order valence-electron chi connectivity index (χ1n) is 7.23. The van der Waals surface area contributed by atoms with E-state index in [1.807, 2.05) is 0 Å². The van der Waals surface area contributed by atoms with Gasteiger partial charge in [0.15, 0.2) is 0 Å². The number of carbonyl (C=O) groups excluding carboxylic acids is 1. The molecule has 2 heterocycles. The molecule has 0 spiro atoms. The van der Waals surface area contributed by atoms with Gasteiger partial charge < -0.3 is 16.0 Å². The maximum atomic E-state index is 11.8. The fourth-order valence-electron chi connectivity index (χ4n) is 2.77. The first-order chi connectivity index (χ1) is 8.75. The molecule has 2 atom stereocenters. The Bertz CT molecular complexity index is 266. The summed E-state index contributed by atoms with van der Waals surface area (Å²) in [6.07, 6.45) is 7.41. The van der Waals surface area contributed by atoms with E-state index < -0.39 is 0 Å². The number of carbonyl (C=O) groups is 1. The minimum Gasteiger partial charge on any atom is -0.337 e. The van der Waals surface area contributed by atoms with Gasteiger partial charge in [-0.15, -0.1) is 0 Å². The Balaban J connectivity index is 1.64. The van der Waals surface area contributed by atoms with Gasteiger partial charge in [-0.25, -0.2) is 4.79 Å². The average Bonchev–Trinajstić information content (AvgIpc) is 2.40. The molecule has 5 heteroatoms. The van der Waals surface area contributed by atoms with Crippen LogP contribution < -0.4 is 16.0 Å². The highest BCUT2D eigenvalue weighted by atomic mass is 16.2. The third-order valence-corrected chi connectivity index (χ3v) is 3.99. The lowest BCUT2D eigenvalue weighted by Gasteiger charge is -2.33. The van der Waals surface area contributed by atoms with Gasteiger partial charge in [0.25, 0.3) is 0 Å². The minimum absolute atomic E-state index is 0.0267. The molecule has 104 valence electrons. The zero-order chi connectivity index (χ0) is 12.8. The van der Waals surface area contributed by atoms with Crippen LogP contribution in [0.15, 0.2) is 0 Å². The number of likely N-dealkylation sites (tertiary alicyclic amines) is 1. The molecule has 3 N–H and O–H groups in total. The molecule has 2 unspecified atom stereocenters. The van der Waals surface area contributed by atoms with Crippen molar-refractivity contribution in [3.05, 3.63) is 0 Å². The molecule has 2 aliphatic heterocycles. The van der Waals surface area contributed by atoms with Gasteiger partial charge in [0.1, 0.15) is 0 Å². The van der Waals surface area contributed by atoms with Crippen LogP contribution in [0.3, 0.4) is 0 Å². The summed E-state index contributed by atoms with van der Waals surface area (Å²) in [4.78, 5) is 14.0. The smallest absolute Gasteiger partial charge is 0.316 e. The van der Waals surface area contributed by atoms with Crippen LogP contribution >= 0.6 is 0 Å². The van der Waals surface area contributed by atoms with Crippen LogP contribution in [0.1, 0.15) is 38.5 Å². The molecule has 2 aliphatic rings. The molecule has 0 saturated carbocycles. The summed E-state index contributed by atoms with van der Waals surface area (Å²) in [5.41, 5.74) is 0. The van der Waals surface area contributed by atoms with Gasteiger partial charge >= 0.3 is 6.03 Å². The van der Waals surface area contributed by atoms with Crippen molar-refractivity contribution in [2.24, 2.45) is 0 Å². The molecule has 0 aromatic rings. The van der Waals surface area contributed by atoms with Crippen molar-refractivity contribution in [2.75, 3.05) is 26.7 Å². The maximum absolute atomic E-state index is 11.8. The summed E-state index contributed by atoms with van der Waals surface area (Å²) in [6.45, 7) is 2.90. The Morgan fingerprint density at radius 3 is 2.83 bits per heavy atom. The van der Waals surface area contributed by atoms with Crippen LogP contribution in [0.5, 0.6) is 0 Å². The molecule has 0 aromatic carbocycles. The van der Waals surface area contributed by atoms with E-state index in [0.717, 1.165) is 26.1 Å². The maximum Gasteiger partial charge on any atom is 0.316 e. The minimum atomic E-state index is -0.0267. The molecule has 0 aliphatic carbocycles. The van der Waals surface area contributed by atoms with Crippen molar-refractivity contribution in [3.63, 3.8) is 0 Å². The second-order valence-electron chi connectivity index (χ2n) is 5.49. The van der Waals surface area contributed by atoms with E-state index in [9.17, 15) is 4.79 Å². The van der Waals surface area contributed by atoms with Crippen LogP contribution in [0.2, 0.25) is 0 Å². The van der Waals surface area contributed by atoms with Crippen molar-refractivity contribution in [3.8, 4) is 0 Å². The van der Waals surface area contributed by atoms with Crippen LogP contribution in [0.4, 0.5) is 4.79 Å². The molecule has 2 rings (SSSR count). The standard InChI is InChI=1S/C13H26N4O/c1-17-9-5-3-7-12(17)16-13(18)15-10-11-6-2-4-8-14-11/h11-12,14H,2-10H2,1H3,(H2,15,16,18). The molecule has 18 heavy (non-hydrogen) atoms. The summed E-state index contributed by atoms with van der Waals surface area (Å²) < 4.78 is 0. The Morgan fingerprint density at radius 1 is 1.28 bits per heavy atom.